The summed E-state index contributed by atoms with van der Waals surface area (Å²) in [7, 11) is 0. The number of nitrogens with zero attached hydrogens (tertiary/aromatic N) is 2. The molecule has 76 valence electrons. The first-order valence-electron chi connectivity index (χ1n) is 4.76. The van der Waals surface area contributed by atoms with E-state index in [0.29, 0.717) is 5.41 Å². The first kappa shape index (κ1) is 9.90. The molecule has 0 bridgehead atoms. The first-order chi connectivity index (χ1) is 6.65. The van der Waals surface area contributed by atoms with Crippen molar-refractivity contribution in [3.8, 4) is 0 Å². The van der Waals surface area contributed by atoms with E-state index >= 15 is 0 Å². The standard InChI is InChI=1S/C10H13BrN2O/c1-8-2-3-9(14)13(12-8)7-10(6-11)4-5-10/h2-3H,4-7H2,1H3. The van der Waals surface area contributed by atoms with Gasteiger partial charge in [0.2, 0.25) is 0 Å². The Bertz CT molecular complexity index is 395. The second-order valence-electron chi connectivity index (χ2n) is 4.10. The summed E-state index contributed by atoms with van der Waals surface area (Å²) in [6, 6.07) is 3.35. The molecule has 0 aliphatic heterocycles. The summed E-state index contributed by atoms with van der Waals surface area (Å²) < 4.78 is 1.59. The number of rotatable bonds is 3. The van der Waals surface area contributed by atoms with Crippen molar-refractivity contribution in [2.24, 2.45) is 5.41 Å². The average Bonchev–Trinajstić information content (AvgIpc) is 2.92. The molecule has 1 aromatic heterocycles. The molecule has 0 amide bonds. The van der Waals surface area contributed by atoms with Gasteiger partial charge in [0.1, 0.15) is 0 Å². The van der Waals surface area contributed by atoms with Crippen molar-refractivity contribution < 1.29 is 0 Å². The third-order valence-corrected chi connectivity index (χ3v) is 3.92. The van der Waals surface area contributed by atoms with E-state index < -0.39 is 0 Å². The molecule has 1 fully saturated rings. The third-order valence-electron chi connectivity index (χ3n) is 2.73. The third kappa shape index (κ3) is 1.90. The van der Waals surface area contributed by atoms with Crippen LogP contribution in [0, 0.1) is 12.3 Å². The van der Waals surface area contributed by atoms with Crippen LogP contribution in [0.3, 0.4) is 0 Å². The predicted molar refractivity (Wildman–Crippen MR) is 58.7 cm³/mol. The summed E-state index contributed by atoms with van der Waals surface area (Å²) in [4.78, 5) is 11.5. The molecule has 0 N–H and O–H groups in total. The molecule has 1 aromatic rings. The van der Waals surface area contributed by atoms with Gasteiger partial charge in [0.25, 0.3) is 5.56 Å². The van der Waals surface area contributed by atoms with Gasteiger partial charge in [0.05, 0.1) is 12.2 Å². The molecule has 14 heavy (non-hydrogen) atoms. The van der Waals surface area contributed by atoms with Crippen LogP contribution in [0.15, 0.2) is 16.9 Å². The lowest BCUT2D eigenvalue weighted by Gasteiger charge is -2.12. The van der Waals surface area contributed by atoms with E-state index in [0.717, 1.165) is 17.6 Å². The maximum Gasteiger partial charge on any atom is 0.266 e. The second kappa shape index (κ2) is 3.50. The zero-order valence-corrected chi connectivity index (χ0v) is 9.75. The molecule has 0 saturated heterocycles. The van der Waals surface area contributed by atoms with E-state index in [1.165, 1.54) is 12.8 Å². The molecule has 1 aliphatic rings. The van der Waals surface area contributed by atoms with Gasteiger partial charge >= 0.3 is 0 Å². The van der Waals surface area contributed by atoms with Gasteiger partial charge in [-0.3, -0.25) is 4.79 Å². The van der Waals surface area contributed by atoms with Crippen molar-refractivity contribution in [2.75, 3.05) is 5.33 Å². The normalized spacial score (nSPS) is 18.1. The highest BCUT2D eigenvalue weighted by Crippen LogP contribution is 2.48. The van der Waals surface area contributed by atoms with Crippen LogP contribution in [0.5, 0.6) is 0 Å². The van der Waals surface area contributed by atoms with Crippen LogP contribution in [0.4, 0.5) is 0 Å². The number of hydrogen-bond acceptors (Lipinski definition) is 2. The van der Waals surface area contributed by atoms with Crippen molar-refractivity contribution in [1.29, 1.82) is 0 Å². The van der Waals surface area contributed by atoms with Gasteiger partial charge < -0.3 is 0 Å². The van der Waals surface area contributed by atoms with Crippen LogP contribution in [0.2, 0.25) is 0 Å². The molecule has 0 spiro atoms. The topological polar surface area (TPSA) is 34.9 Å². The monoisotopic (exact) mass is 256 g/mol. The molecular formula is C10H13BrN2O. The van der Waals surface area contributed by atoms with E-state index in [1.54, 1.807) is 16.8 Å². The molecule has 4 heteroatoms. The fourth-order valence-electron chi connectivity index (χ4n) is 1.49. The maximum absolute atomic E-state index is 11.5. The Hall–Kier alpha value is -0.640. The SMILES string of the molecule is Cc1ccc(=O)n(CC2(CBr)CC2)n1. The molecule has 1 aliphatic carbocycles. The van der Waals surface area contributed by atoms with Crippen molar-refractivity contribution >= 4 is 15.9 Å². The number of hydrogen-bond donors (Lipinski definition) is 0. The fraction of sp³-hybridized carbons (Fsp3) is 0.600. The second-order valence-corrected chi connectivity index (χ2v) is 4.66. The number of aryl methyl sites for hydroxylation is 1. The van der Waals surface area contributed by atoms with Crippen LogP contribution >= 0.6 is 15.9 Å². The van der Waals surface area contributed by atoms with Crippen LogP contribution < -0.4 is 5.56 Å². The van der Waals surface area contributed by atoms with Crippen LogP contribution in [0.25, 0.3) is 0 Å². The van der Waals surface area contributed by atoms with Gasteiger partial charge in [-0.2, -0.15) is 5.10 Å². The number of halogens is 1. The Morgan fingerprint density at radius 1 is 1.57 bits per heavy atom. The van der Waals surface area contributed by atoms with Crippen molar-refractivity contribution in [2.45, 2.75) is 26.3 Å². The molecule has 2 rings (SSSR count). The Morgan fingerprint density at radius 2 is 2.29 bits per heavy atom. The minimum absolute atomic E-state index is 0.00262. The molecule has 1 heterocycles. The van der Waals surface area contributed by atoms with E-state index in [2.05, 4.69) is 21.0 Å². The van der Waals surface area contributed by atoms with Gasteiger partial charge in [0, 0.05) is 11.4 Å². The zero-order chi connectivity index (χ0) is 10.2. The molecule has 3 nitrogen and oxygen atoms in total. The predicted octanol–water partition coefficient (Wildman–Crippen LogP) is 1.73. The zero-order valence-electron chi connectivity index (χ0n) is 8.16. The summed E-state index contributed by atoms with van der Waals surface area (Å²) in [5, 5.41) is 5.19. The van der Waals surface area contributed by atoms with E-state index in [1.807, 2.05) is 6.92 Å². The Balaban J connectivity index is 2.24. The number of aromatic nitrogens is 2. The highest BCUT2D eigenvalue weighted by atomic mass is 79.9. The van der Waals surface area contributed by atoms with Crippen molar-refractivity contribution in [3.63, 3.8) is 0 Å². The number of alkyl halides is 1. The summed E-state index contributed by atoms with van der Waals surface area (Å²) in [6.07, 6.45) is 2.39. The molecule has 0 aromatic carbocycles. The molecule has 0 radical (unpaired) electrons. The van der Waals surface area contributed by atoms with Crippen LogP contribution in [0.1, 0.15) is 18.5 Å². The van der Waals surface area contributed by atoms with Gasteiger partial charge in [-0.25, -0.2) is 4.68 Å². The van der Waals surface area contributed by atoms with Gasteiger partial charge in [0.15, 0.2) is 0 Å². The minimum atomic E-state index is 0.00262. The van der Waals surface area contributed by atoms with Crippen molar-refractivity contribution in [1.82, 2.24) is 9.78 Å². The quantitative estimate of drug-likeness (QED) is 0.773. The summed E-state index contributed by atoms with van der Waals surface area (Å²) in [5.74, 6) is 0. The molecular weight excluding hydrogens is 244 g/mol. The first-order valence-corrected chi connectivity index (χ1v) is 5.88. The summed E-state index contributed by atoms with van der Waals surface area (Å²) in [5.41, 5.74) is 1.20. The molecule has 1 saturated carbocycles. The Morgan fingerprint density at radius 3 is 2.86 bits per heavy atom. The lowest BCUT2D eigenvalue weighted by Crippen LogP contribution is -2.27. The summed E-state index contributed by atoms with van der Waals surface area (Å²) in [6.45, 7) is 2.66. The Labute approximate surface area is 91.3 Å². The highest BCUT2D eigenvalue weighted by Gasteiger charge is 2.42. The van der Waals surface area contributed by atoms with Gasteiger partial charge in [-0.05, 0) is 31.2 Å². The smallest absolute Gasteiger partial charge is 0.266 e. The van der Waals surface area contributed by atoms with Gasteiger partial charge in [-0.1, -0.05) is 15.9 Å². The van der Waals surface area contributed by atoms with E-state index in [9.17, 15) is 4.79 Å². The molecule has 0 atom stereocenters. The lowest BCUT2D eigenvalue weighted by atomic mass is 10.1. The minimum Gasteiger partial charge on any atom is -0.268 e. The molecule has 0 unspecified atom stereocenters. The summed E-state index contributed by atoms with van der Waals surface area (Å²) >= 11 is 3.49. The lowest BCUT2D eigenvalue weighted by molar-refractivity contribution is 0.423. The van der Waals surface area contributed by atoms with Crippen LogP contribution in [-0.4, -0.2) is 15.1 Å². The van der Waals surface area contributed by atoms with Gasteiger partial charge in [-0.15, -0.1) is 0 Å². The van der Waals surface area contributed by atoms with Crippen molar-refractivity contribution in [3.05, 3.63) is 28.2 Å². The Kier molecular flexibility index (Phi) is 2.47. The van der Waals surface area contributed by atoms with E-state index in [-0.39, 0.29) is 5.56 Å². The highest BCUT2D eigenvalue weighted by molar-refractivity contribution is 9.09. The fourth-order valence-corrected chi connectivity index (χ4v) is 2.23. The maximum atomic E-state index is 11.5. The largest absolute Gasteiger partial charge is 0.268 e. The average molecular weight is 257 g/mol. The van der Waals surface area contributed by atoms with Crippen LogP contribution in [-0.2, 0) is 6.54 Å². The van der Waals surface area contributed by atoms with E-state index in [4.69, 9.17) is 0 Å².